The second-order valence-corrected chi connectivity index (χ2v) is 6.93. The van der Waals surface area contributed by atoms with E-state index in [4.69, 9.17) is 5.73 Å². The van der Waals surface area contributed by atoms with Crippen molar-refractivity contribution in [1.29, 1.82) is 0 Å². The molecule has 1 aliphatic rings. The number of aryl methyl sites for hydroxylation is 1. The Morgan fingerprint density at radius 1 is 1.12 bits per heavy atom. The lowest BCUT2D eigenvalue weighted by molar-refractivity contribution is -0.692. The maximum atomic E-state index is 5.70. The number of anilines is 1. The molecule has 0 spiro atoms. The Labute approximate surface area is 147 Å². The molecule has 2 heterocycles. The summed E-state index contributed by atoms with van der Waals surface area (Å²) in [5.74, 6) is 1.06. The number of rotatable bonds is 6. The predicted octanol–water partition coefficient (Wildman–Crippen LogP) is 2.75. The molecule has 4 nitrogen and oxygen atoms in total. The lowest BCUT2D eigenvalue weighted by atomic mass is 10.1. The van der Waals surface area contributed by atoms with Crippen molar-refractivity contribution in [2.24, 2.45) is 0 Å². The fraction of sp³-hybridized carbons (Fsp3) is 0.211. The molecule has 3 N–H and O–H groups in total. The molecule has 0 fully saturated rings. The van der Waals surface area contributed by atoms with Crippen molar-refractivity contribution in [2.75, 3.05) is 18.5 Å². The first-order valence-electron chi connectivity index (χ1n) is 8.00. The van der Waals surface area contributed by atoms with Gasteiger partial charge in [0.25, 0.3) is 0 Å². The van der Waals surface area contributed by atoms with Crippen molar-refractivity contribution < 1.29 is 4.57 Å². The van der Waals surface area contributed by atoms with Gasteiger partial charge in [0.2, 0.25) is 0 Å². The number of nitrogens with zero attached hydrogens (tertiary/aromatic N) is 2. The minimum atomic E-state index is 0.354. The number of thioether (sulfide) groups is 1. The van der Waals surface area contributed by atoms with Gasteiger partial charge in [-0.3, -0.25) is 0 Å². The molecule has 1 aromatic heterocycles. The first-order chi connectivity index (χ1) is 11.7. The van der Waals surface area contributed by atoms with Gasteiger partial charge in [0.05, 0.1) is 5.75 Å². The van der Waals surface area contributed by atoms with Crippen LogP contribution in [-0.2, 0) is 6.54 Å². The van der Waals surface area contributed by atoms with E-state index in [1.807, 2.05) is 42.2 Å². The van der Waals surface area contributed by atoms with Crippen molar-refractivity contribution in [3.63, 3.8) is 0 Å². The monoisotopic (exact) mass is 339 g/mol. The third-order valence-corrected chi connectivity index (χ3v) is 5.07. The maximum absolute atomic E-state index is 5.70. The number of hydrogen-bond donors (Lipinski definition) is 2. The molecular weight excluding hydrogens is 316 g/mol. The van der Waals surface area contributed by atoms with E-state index in [-0.39, 0.29) is 0 Å². The van der Waals surface area contributed by atoms with E-state index in [1.165, 1.54) is 5.56 Å². The van der Waals surface area contributed by atoms with E-state index in [0.29, 0.717) is 5.50 Å². The molecule has 24 heavy (non-hydrogen) atoms. The summed E-state index contributed by atoms with van der Waals surface area (Å²) in [6.07, 6.45) is 12.5. The maximum Gasteiger partial charge on any atom is 0.169 e. The molecule has 1 unspecified atom stereocenters. The summed E-state index contributed by atoms with van der Waals surface area (Å²) in [4.78, 5) is 2.18. The average Bonchev–Trinajstić information content (AvgIpc) is 3.01. The van der Waals surface area contributed by atoms with Crippen molar-refractivity contribution in [3.05, 3.63) is 72.3 Å². The van der Waals surface area contributed by atoms with E-state index in [2.05, 4.69) is 64.7 Å². The van der Waals surface area contributed by atoms with Crippen LogP contribution in [0.3, 0.4) is 0 Å². The molecule has 1 aliphatic heterocycles. The van der Waals surface area contributed by atoms with Gasteiger partial charge in [0, 0.05) is 37.3 Å². The molecule has 5 heteroatoms. The van der Waals surface area contributed by atoms with Crippen LogP contribution in [0.2, 0.25) is 0 Å². The number of nitrogens with one attached hydrogen (secondary N) is 1. The number of nitrogens with two attached hydrogens (primary N) is 1. The van der Waals surface area contributed by atoms with Crippen molar-refractivity contribution in [2.45, 2.75) is 12.0 Å². The van der Waals surface area contributed by atoms with Crippen LogP contribution in [0.15, 0.2) is 61.2 Å². The van der Waals surface area contributed by atoms with Crippen LogP contribution in [-0.4, -0.2) is 23.2 Å². The Morgan fingerprint density at radius 3 is 2.42 bits per heavy atom. The Morgan fingerprint density at radius 2 is 1.79 bits per heavy atom. The first kappa shape index (κ1) is 16.5. The van der Waals surface area contributed by atoms with Crippen molar-refractivity contribution >= 4 is 29.6 Å². The molecule has 0 bridgehead atoms. The second-order valence-electron chi connectivity index (χ2n) is 5.74. The van der Waals surface area contributed by atoms with Crippen molar-refractivity contribution in [3.8, 4) is 0 Å². The summed E-state index contributed by atoms with van der Waals surface area (Å²) in [7, 11) is 2.09. The second kappa shape index (κ2) is 7.93. The lowest BCUT2D eigenvalue weighted by Crippen LogP contribution is -2.36. The molecule has 0 radical (unpaired) electrons. The van der Waals surface area contributed by atoms with Gasteiger partial charge in [-0.2, -0.15) is 0 Å². The zero-order valence-corrected chi connectivity index (χ0v) is 14.6. The van der Waals surface area contributed by atoms with Gasteiger partial charge in [-0.1, -0.05) is 24.3 Å². The molecule has 0 amide bonds. The predicted molar refractivity (Wildman–Crippen MR) is 103 cm³/mol. The third-order valence-electron chi connectivity index (χ3n) is 3.87. The zero-order valence-electron chi connectivity index (χ0n) is 13.8. The third kappa shape index (κ3) is 4.55. The van der Waals surface area contributed by atoms with E-state index in [1.54, 1.807) is 0 Å². The van der Waals surface area contributed by atoms with E-state index < -0.39 is 0 Å². The molecule has 124 valence electrons. The molecule has 2 aromatic rings. The quantitative estimate of drug-likeness (QED) is 0.627. The highest BCUT2D eigenvalue weighted by Crippen LogP contribution is 2.15. The standard InChI is InChI=1S/C19H22N4S/c1-22-13-10-21-19(22)24-15-14-23-11-8-17(9-12-23)3-2-16-4-6-18(20)7-5-16/h2-13,19-21H,14-15H2,1H3/p+1. The molecule has 1 aromatic carbocycles. The van der Waals surface area contributed by atoms with Gasteiger partial charge < -0.3 is 16.0 Å². The number of nitrogen functional groups attached to an aromatic ring is 1. The zero-order chi connectivity index (χ0) is 16.8. The Balaban J connectivity index is 1.49. The normalized spacial score (nSPS) is 16.7. The molecular formula is C19H23N4S+. The average molecular weight is 339 g/mol. The summed E-state index contributed by atoms with van der Waals surface area (Å²) >= 11 is 1.91. The van der Waals surface area contributed by atoms with E-state index in [9.17, 15) is 0 Å². The van der Waals surface area contributed by atoms with Gasteiger partial charge in [-0.25, -0.2) is 4.57 Å². The van der Waals surface area contributed by atoms with Gasteiger partial charge in [0.15, 0.2) is 18.9 Å². The molecule has 3 rings (SSSR count). The summed E-state index contributed by atoms with van der Waals surface area (Å²) in [5, 5.41) is 3.32. The van der Waals surface area contributed by atoms with Gasteiger partial charge in [-0.15, -0.1) is 11.8 Å². The fourth-order valence-corrected chi connectivity index (χ4v) is 3.42. The summed E-state index contributed by atoms with van der Waals surface area (Å²) in [5.41, 5.74) is 9.19. The van der Waals surface area contributed by atoms with Crippen molar-refractivity contribution in [1.82, 2.24) is 10.2 Å². The number of aromatic nitrogens is 1. The highest BCUT2D eigenvalue weighted by atomic mass is 32.2. The lowest BCUT2D eigenvalue weighted by Gasteiger charge is -2.19. The van der Waals surface area contributed by atoms with Crippen LogP contribution in [0.1, 0.15) is 11.1 Å². The Bertz CT molecular complexity index is 707. The van der Waals surface area contributed by atoms with E-state index >= 15 is 0 Å². The van der Waals surface area contributed by atoms with Gasteiger partial charge in [-0.05, 0) is 23.3 Å². The SMILES string of the molecule is CN1C=CNC1SCC[n+]1ccc(/C=C/c2ccc(N)cc2)cc1. The largest absolute Gasteiger partial charge is 0.399 e. The first-order valence-corrected chi connectivity index (χ1v) is 9.04. The van der Waals surface area contributed by atoms with Gasteiger partial charge in [0.1, 0.15) is 5.50 Å². The number of benzene rings is 1. The Hall–Kier alpha value is -2.40. The van der Waals surface area contributed by atoms with Crippen LogP contribution in [0.4, 0.5) is 5.69 Å². The number of pyridine rings is 1. The topological polar surface area (TPSA) is 45.2 Å². The molecule has 1 atom stereocenters. The smallest absolute Gasteiger partial charge is 0.169 e. The van der Waals surface area contributed by atoms with Crippen LogP contribution in [0.25, 0.3) is 12.2 Å². The van der Waals surface area contributed by atoms with Gasteiger partial charge >= 0.3 is 0 Å². The summed E-state index contributed by atoms with van der Waals surface area (Å²) in [6, 6.07) is 12.2. The summed E-state index contributed by atoms with van der Waals surface area (Å²) < 4.78 is 2.22. The molecule has 0 saturated carbocycles. The fourth-order valence-electron chi connectivity index (χ4n) is 2.40. The minimum Gasteiger partial charge on any atom is -0.399 e. The molecule has 0 saturated heterocycles. The Kier molecular flexibility index (Phi) is 5.43. The summed E-state index contributed by atoms with van der Waals surface area (Å²) in [6.45, 7) is 0.999. The van der Waals surface area contributed by atoms with Crippen LogP contribution in [0, 0.1) is 0 Å². The highest BCUT2D eigenvalue weighted by molar-refractivity contribution is 7.99. The molecule has 0 aliphatic carbocycles. The van der Waals surface area contributed by atoms with Crippen LogP contribution < -0.4 is 15.6 Å². The number of hydrogen-bond acceptors (Lipinski definition) is 4. The van der Waals surface area contributed by atoms with Crippen LogP contribution >= 0.6 is 11.8 Å². The van der Waals surface area contributed by atoms with Crippen LogP contribution in [0.5, 0.6) is 0 Å². The highest BCUT2D eigenvalue weighted by Gasteiger charge is 2.15. The van der Waals surface area contributed by atoms with E-state index in [0.717, 1.165) is 23.5 Å². The minimum absolute atomic E-state index is 0.354.